The fourth-order valence-electron chi connectivity index (χ4n) is 3.70. The molecule has 3 aromatic rings. The van der Waals surface area contributed by atoms with Crippen molar-refractivity contribution in [2.45, 2.75) is 25.9 Å². The molecule has 0 aliphatic carbocycles. The van der Waals surface area contributed by atoms with E-state index in [-0.39, 0.29) is 29.7 Å². The van der Waals surface area contributed by atoms with Crippen LogP contribution >= 0.6 is 0 Å². The number of rotatable bonds is 7. The van der Waals surface area contributed by atoms with Gasteiger partial charge in [0.1, 0.15) is 22.9 Å². The number of hydrogen-bond acceptors (Lipinski definition) is 7. The molecule has 4 rings (SSSR count). The van der Waals surface area contributed by atoms with E-state index in [9.17, 15) is 14.9 Å². The summed E-state index contributed by atoms with van der Waals surface area (Å²) < 4.78 is 18.2. The Labute approximate surface area is 196 Å². The minimum absolute atomic E-state index is 0.0298. The molecule has 1 unspecified atom stereocenters. The lowest BCUT2D eigenvalue weighted by Gasteiger charge is -2.13. The first-order valence-electron chi connectivity index (χ1n) is 10.9. The quantitative estimate of drug-likeness (QED) is 0.426. The molecular formula is C25H24N4O5. The Kier molecular flexibility index (Phi) is 6.90. The van der Waals surface area contributed by atoms with Gasteiger partial charge in [-0.3, -0.25) is 14.0 Å². The summed E-state index contributed by atoms with van der Waals surface area (Å²) in [6.07, 6.45) is 4.48. The topological polar surface area (TPSA) is 115 Å². The van der Waals surface area contributed by atoms with Crippen molar-refractivity contribution in [3.8, 4) is 23.4 Å². The second-order valence-electron chi connectivity index (χ2n) is 7.79. The van der Waals surface area contributed by atoms with E-state index in [0.29, 0.717) is 23.8 Å². The molecule has 34 heavy (non-hydrogen) atoms. The zero-order valence-electron chi connectivity index (χ0n) is 18.9. The standard InChI is InChI=1S/C25H24N4O5/c1-16-7-5-11-29-22(16)28-24(34-21-10-4-3-9-20(21)32-2)19(25(29)31)13-17(14-26)23(30)27-15-18-8-6-12-33-18/h3-5,7,9-11,13,18H,6,8,12,15H2,1-2H3,(H,27,30)/b17-13+. The number of nitrogens with zero attached hydrogens (tertiary/aromatic N) is 3. The number of hydrogen-bond donors (Lipinski definition) is 1. The summed E-state index contributed by atoms with van der Waals surface area (Å²) in [5, 5.41) is 12.4. The summed E-state index contributed by atoms with van der Waals surface area (Å²) >= 11 is 0. The minimum Gasteiger partial charge on any atom is -0.493 e. The van der Waals surface area contributed by atoms with E-state index in [4.69, 9.17) is 14.2 Å². The lowest BCUT2D eigenvalue weighted by Crippen LogP contribution is -2.32. The molecule has 1 amide bonds. The highest BCUT2D eigenvalue weighted by Gasteiger charge is 2.21. The number of methoxy groups -OCH3 is 1. The first-order valence-corrected chi connectivity index (χ1v) is 10.9. The molecule has 2 aromatic heterocycles. The van der Waals surface area contributed by atoms with Crippen molar-refractivity contribution in [2.75, 3.05) is 20.3 Å². The van der Waals surface area contributed by atoms with Crippen molar-refractivity contribution in [3.63, 3.8) is 0 Å². The molecule has 1 aliphatic rings. The summed E-state index contributed by atoms with van der Waals surface area (Å²) in [4.78, 5) is 30.6. The van der Waals surface area contributed by atoms with Crippen molar-refractivity contribution < 1.29 is 19.0 Å². The predicted octanol–water partition coefficient (Wildman–Crippen LogP) is 3.01. The highest BCUT2D eigenvalue weighted by molar-refractivity contribution is 6.01. The van der Waals surface area contributed by atoms with Gasteiger partial charge in [0.15, 0.2) is 11.5 Å². The summed E-state index contributed by atoms with van der Waals surface area (Å²) in [6, 6.07) is 12.3. The first kappa shape index (κ1) is 23.0. The maximum absolute atomic E-state index is 13.4. The van der Waals surface area contributed by atoms with Gasteiger partial charge in [-0.1, -0.05) is 18.2 Å². The van der Waals surface area contributed by atoms with Gasteiger partial charge >= 0.3 is 0 Å². The van der Waals surface area contributed by atoms with Gasteiger partial charge in [-0.2, -0.15) is 10.2 Å². The Balaban J connectivity index is 1.78. The maximum atomic E-state index is 13.4. The molecule has 1 N–H and O–H groups in total. The Morgan fingerprint density at radius 2 is 2.12 bits per heavy atom. The van der Waals surface area contributed by atoms with Gasteiger partial charge in [-0.15, -0.1) is 0 Å². The van der Waals surface area contributed by atoms with Crippen molar-refractivity contribution in [1.29, 1.82) is 5.26 Å². The van der Waals surface area contributed by atoms with Gasteiger partial charge in [0.2, 0.25) is 5.88 Å². The van der Waals surface area contributed by atoms with E-state index in [1.165, 1.54) is 17.6 Å². The van der Waals surface area contributed by atoms with Crippen LogP contribution < -0.4 is 20.3 Å². The molecule has 0 radical (unpaired) electrons. The molecule has 1 atom stereocenters. The van der Waals surface area contributed by atoms with E-state index in [1.54, 1.807) is 36.5 Å². The maximum Gasteiger partial charge on any atom is 0.269 e. The number of aryl methyl sites for hydroxylation is 1. The molecule has 1 saturated heterocycles. The first-order chi connectivity index (χ1) is 16.5. The highest BCUT2D eigenvalue weighted by atomic mass is 16.5. The number of para-hydroxylation sites is 2. The van der Waals surface area contributed by atoms with Crippen LogP contribution in [0.5, 0.6) is 17.4 Å². The van der Waals surface area contributed by atoms with Gasteiger partial charge < -0.3 is 19.5 Å². The molecule has 0 saturated carbocycles. The zero-order chi connectivity index (χ0) is 24.1. The monoisotopic (exact) mass is 460 g/mol. The highest BCUT2D eigenvalue weighted by Crippen LogP contribution is 2.32. The number of fused-ring (bicyclic) bond motifs is 1. The van der Waals surface area contributed by atoms with Gasteiger partial charge in [-0.05, 0) is 49.6 Å². The Morgan fingerprint density at radius 3 is 2.82 bits per heavy atom. The third-order valence-electron chi connectivity index (χ3n) is 5.49. The van der Waals surface area contributed by atoms with Gasteiger partial charge in [0, 0.05) is 19.3 Å². The summed E-state index contributed by atoms with van der Waals surface area (Å²) in [6.45, 7) is 2.77. The van der Waals surface area contributed by atoms with Crippen molar-refractivity contribution in [1.82, 2.24) is 14.7 Å². The summed E-state index contributed by atoms with van der Waals surface area (Å²) in [5.74, 6) is 0.142. The molecule has 1 aromatic carbocycles. The molecule has 174 valence electrons. The van der Waals surface area contributed by atoms with Crippen LogP contribution in [0.4, 0.5) is 0 Å². The number of carbonyl (C=O) groups excluding carboxylic acids is 1. The fourth-order valence-corrected chi connectivity index (χ4v) is 3.70. The van der Waals surface area contributed by atoms with Crippen molar-refractivity contribution >= 4 is 17.6 Å². The smallest absolute Gasteiger partial charge is 0.269 e. The van der Waals surface area contributed by atoms with Crippen LogP contribution in [0, 0.1) is 18.3 Å². The van der Waals surface area contributed by atoms with Crippen LogP contribution in [0.1, 0.15) is 24.0 Å². The van der Waals surface area contributed by atoms with Crippen LogP contribution in [-0.2, 0) is 9.53 Å². The minimum atomic E-state index is -0.602. The number of carbonyl (C=O) groups is 1. The van der Waals surface area contributed by atoms with E-state index >= 15 is 0 Å². The number of nitriles is 1. The molecule has 0 spiro atoms. The largest absolute Gasteiger partial charge is 0.493 e. The molecule has 0 bridgehead atoms. The summed E-state index contributed by atoms with van der Waals surface area (Å²) in [5.41, 5.74) is 0.413. The lowest BCUT2D eigenvalue weighted by atomic mass is 10.1. The van der Waals surface area contributed by atoms with Gasteiger partial charge in [-0.25, -0.2) is 0 Å². The van der Waals surface area contributed by atoms with Crippen LogP contribution in [-0.4, -0.2) is 41.7 Å². The molecular weight excluding hydrogens is 436 g/mol. The number of pyridine rings is 1. The number of aromatic nitrogens is 2. The number of nitrogens with one attached hydrogen (secondary N) is 1. The SMILES string of the molecule is COc1ccccc1Oc1nc2c(C)cccn2c(=O)c1/C=C(\C#N)C(=O)NCC1CCCO1. The number of amides is 1. The Hall–Kier alpha value is -4.16. The van der Waals surface area contributed by atoms with Crippen LogP contribution in [0.3, 0.4) is 0 Å². The van der Waals surface area contributed by atoms with Crippen LogP contribution in [0.15, 0.2) is 53.0 Å². The average Bonchev–Trinajstić information content (AvgIpc) is 3.37. The average molecular weight is 460 g/mol. The molecule has 1 fully saturated rings. The summed E-state index contributed by atoms with van der Waals surface area (Å²) in [7, 11) is 1.50. The lowest BCUT2D eigenvalue weighted by molar-refractivity contribution is -0.117. The van der Waals surface area contributed by atoms with Crippen molar-refractivity contribution in [3.05, 3.63) is 69.6 Å². The third kappa shape index (κ3) is 4.77. The predicted molar refractivity (Wildman–Crippen MR) is 125 cm³/mol. The Bertz CT molecular complexity index is 1350. The van der Waals surface area contributed by atoms with Gasteiger partial charge in [0.25, 0.3) is 11.5 Å². The second-order valence-corrected chi connectivity index (χ2v) is 7.79. The number of benzene rings is 1. The fraction of sp³-hybridized carbons (Fsp3) is 0.280. The van der Waals surface area contributed by atoms with Crippen LogP contribution in [0.25, 0.3) is 11.7 Å². The van der Waals surface area contributed by atoms with Crippen molar-refractivity contribution in [2.24, 2.45) is 0 Å². The Morgan fingerprint density at radius 1 is 1.32 bits per heavy atom. The molecule has 1 aliphatic heterocycles. The third-order valence-corrected chi connectivity index (χ3v) is 5.49. The normalized spacial score (nSPS) is 15.7. The number of ether oxygens (including phenoxy) is 3. The second kappa shape index (κ2) is 10.2. The van der Waals surface area contributed by atoms with E-state index < -0.39 is 11.5 Å². The molecule has 9 heteroatoms. The zero-order valence-corrected chi connectivity index (χ0v) is 18.9. The van der Waals surface area contributed by atoms with E-state index in [2.05, 4.69) is 10.3 Å². The van der Waals surface area contributed by atoms with E-state index in [1.807, 2.05) is 19.1 Å². The van der Waals surface area contributed by atoms with E-state index in [0.717, 1.165) is 18.4 Å². The molecule has 9 nitrogen and oxygen atoms in total. The van der Waals surface area contributed by atoms with Gasteiger partial charge in [0.05, 0.1) is 13.2 Å². The van der Waals surface area contributed by atoms with Crippen LogP contribution in [0.2, 0.25) is 0 Å². The molecule has 3 heterocycles.